The summed E-state index contributed by atoms with van der Waals surface area (Å²) in [6.07, 6.45) is 2.12. The van der Waals surface area contributed by atoms with Gasteiger partial charge in [-0.2, -0.15) is 0 Å². The maximum atomic E-state index is 12.5. The Morgan fingerprint density at radius 1 is 1.03 bits per heavy atom. The van der Waals surface area contributed by atoms with E-state index in [0.29, 0.717) is 63.9 Å². The van der Waals surface area contributed by atoms with E-state index in [0.717, 1.165) is 11.3 Å². The van der Waals surface area contributed by atoms with Gasteiger partial charge in [-0.15, -0.1) is 0 Å². The number of oxazole rings is 1. The van der Waals surface area contributed by atoms with Gasteiger partial charge < -0.3 is 23.7 Å². The molecule has 1 saturated heterocycles. The van der Waals surface area contributed by atoms with Gasteiger partial charge in [0.25, 0.3) is 0 Å². The molecule has 0 saturated carbocycles. The van der Waals surface area contributed by atoms with E-state index in [2.05, 4.69) is 4.98 Å². The Morgan fingerprint density at radius 2 is 1.72 bits per heavy atom. The summed E-state index contributed by atoms with van der Waals surface area (Å²) in [4.78, 5) is 31.9. The maximum Gasteiger partial charge on any atom is 0.409 e. The molecule has 1 fully saturated rings. The van der Waals surface area contributed by atoms with Gasteiger partial charge in [-0.1, -0.05) is 0 Å². The third kappa shape index (κ3) is 5.49. The van der Waals surface area contributed by atoms with E-state index in [4.69, 9.17) is 13.9 Å². The fourth-order valence-electron chi connectivity index (χ4n) is 3.17. The number of nitrogens with zero attached hydrogens (tertiary/aromatic N) is 3. The van der Waals surface area contributed by atoms with E-state index in [1.807, 2.05) is 31.2 Å². The number of ether oxygens (including phenoxy) is 2. The SMILES string of the molecule is CCOC(=O)N1CCN(C(=O)CCc2ncc(-c3ccc(OCC)cc3)o2)CC1. The summed E-state index contributed by atoms with van der Waals surface area (Å²) in [5.74, 6) is 2.05. The number of piperazine rings is 1. The van der Waals surface area contributed by atoms with Crippen LogP contribution in [-0.4, -0.2) is 66.2 Å². The number of aromatic nitrogens is 1. The molecule has 1 aliphatic heterocycles. The average Bonchev–Trinajstić information content (AvgIpc) is 3.22. The predicted octanol–water partition coefficient (Wildman–Crippen LogP) is 2.97. The van der Waals surface area contributed by atoms with Gasteiger partial charge in [0.05, 0.1) is 19.4 Å². The molecule has 0 bridgehead atoms. The highest BCUT2D eigenvalue weighted by Crippen LogP contribution is 2.23. The molecule has 0 spiro atoms. The van der Waals surface area contributed by atoms with Crippen LogP contribution in [0.1, 0.15) is 26.2 Å². The number of rotatable bonds is 7. The first-order valence-electron chi connectivity index (χ1n) is 9.98. The normalized spacial score (nSPS) is 14.0. The Morgan fingerprint density at radius 3 is 2.38 bits per heavy atom. The molecule has 2 aromatic rings. The van der Waals surface area contributed by atoms with Gasteiger partial charge in [-0.05, 0) is 38.1 Å². The zero-order valence-electron chi connectivity index (χ0n) is 16.9. The van der Waals surface area contributed by atoms with Crippen molar-refractivity contribution in [1.82, 2.24) is 14.8 Å². The lowest BCUT2D eigenvalue weighted by atomic mass is 10.2. The van der Waals surface area contributed by atoms with Crippen LogP contribution in [0.15, 0.2) is 34.9 Å². The minimum atomic E-state index is -0.318. The Hall–Kier alpha value is -3.03. The third-order valence-corrected chi connectivity index (χ3v) is 4.71. The van der Waals surface area contributed by atoms with Crippen LogP contribution in [0.4, 0.5) is 4.79 Å². The van der Waals surface area contributed by atoms with E-state index < -0.39 is 0 Å². The highest BCUT2D eigenvalue weighted by Gasteiger charge is 2.24. The Balaban J connectivity index is 1.47. The number of benzene rings is 1. The lowest BCUT2D eigenvalue weighted by Crippen LogP contribution is -2.50. The Bertz CT molecular complexity index is 810. The van der Waals surface area contributed by atoms with E-state index in [9.17, 15) is 9.59 Å². The minimum absolute atomic E-state index is 0.0364. The van der Waals surface area contributed by atoms with Crippen molar-refractivity contribution in [2.75, 3.05) is 39.4 Å². The number of hydrogen-bond acceptors (Lipinski definition) is 6. The number of amides is 2. The molecule has 8 nitrogen and oxygen atoms in total. The summed E-state index contributed by atoms with van der Waals surface area (Å²) in [5.41, 5.74) is 0.911. The molecule has 3 rings (SSSR count). The zero-order chi connectivity index (χ0) is 20.6. The Kier molecular flexibility index (Phi) is 7.10. The molecule has 1 aliphatic rings. The first-order chi connectivity index (χ1) is 14.1. The molecule has 1 aromatic heterocycles. The standard InChI is InChI=1S/C21H27N3O5/c1-3-27-17-7-5-16(6-8-17)18-15-22-19(29-18)9-10-20(25)23-11-13-24(14-12-23)21(26)28-4-2/h5-8,15H,3-4,9-14H2,1-2H3. The van der Waals surface area contributed by atoms with Gasteiger partial charge in [0.2, 0.25) is 5.91 Å². The van der Waals surface area contributed by atoms with Crippen molar-refractivity contribution in [2.45, 2.75) is 26.7 Å². The third-order valence-electron chi connectivity index (χ3n) is 4.71. The lowest BCUT2D eigenvalue weighted by molar-refractivity contribution is -0.132. The summed E-state index contributed by atoms with van der Waals surface area (Å²) in [7, 11) is 0. The molecule has 29 heavy (non-hydrogen) atoms. The summed E-state index contributed by atoms with van der Waals surface area (Å²) < 4.78 is 16.2. The van der Waals surface area contributed by atoms with E-state index >= 15 is 0 Å². The van der Waals surface area contributed by atoms with Crippen LogP contribution < -0.4 is 4.74 Å². The van der Waals surface area contributed by atoms with Crippen LogP contribution >= 0.6 is 0 Å². The van der Waals surface area contributed by atoms with Gasteiger partial charge in [-0.25, -0.2) is 9.78 Å². The highest BCUT2D eigenvalue weighted by molar-refractivity contribution is 5.77. The number of carbonyl (C=O) groups excluding carboxylic acids is 2. The quantitative estimate of drug-likeness (QED) is 0.709. The van der Waals surface area contributed by atoms with Crippen molar-refractivity contribution in [3.05, 3.63) is 36.4 Å². The molecule has 0 N–H and O–H groups in total. The number of aryl methyl sites for hydroxylation is 1. The molecular formula is C21H27N3O5. The van der Waals surface area contributed by atoms with Crippen molar-refractivity contribution >= 4 is 12.0 Å². The molecule has 0 radical (unpaired) electrons. The summed E-state index contributed by atoms with van der Waals surface area (Å²) in [6.45, 7) is 6.71. The first kappa shape index (κ1) is 20.7. The number of carbonyl (C=O) groups is 2. The molecule has 2 heterocycles. The molecule has 8 heteroatoms. The molecule has 0 unspecified atom stereocenters. The first-order valence-corrected chi connectivity index (χ1v) is 9.98. The summed E-state index contributed by atoms with van der Waals surface area (Å²) in [5, 5.41) is 0. The highest BCUT2D eigenvalue weighted by atomic mass is 16.6. The average molecular weight is 401 g/mol. The van der Waals surface area contributed by atoms with E-state index in [1.165, 1.54) is 0 Å². The van der Waals surface area contributed by atoms with Crippen LogP contribution in [0, 0.1) is 0 Å². The zero-order valence-corrected chi connectivity index (χ0v) is 16.9. The lowest BCUT2D eigenvalue weighted by Gasteiger charge is -2.34. The van der Waals surface area contributed by atoms with E-state index in [1.54, 1.807) is 22.9 Å². The molecular weight excluding hydrogens is 374 g/mol. The largest absolute Gasteiger partial charge is 0.494 e. The fourth-order valence-corrected chi connectivity index (χ4v) is 3.17. The second kappa shape index (κ2) is 9.95. The second-order valence-corrected chi connectivity index (χ2v) is 6.64. The Labute approximate surface area is 170 Å². The van der Waals surface area contributed by atoms with Gasteiger partial charge in [0, 0.05) is 44.6 Å². The van der Waals surface area contributed by atoms with Crippen LogP contribution in [-0.2, 0) is 16.0 Å². The number of hydrogen-bond donors (Lipinski definition) is 0. The molecule has 2 amide bonds. The molecule has 0 atom stereocenters. The van der Waals surface area contributed by atoms with Gasteiger partial charge in [0.15, 0.2) is 11.7 Å². The van der Waals surface area contributed by atoms with Crippen molar-refractivity contribution in [1.29, 1.82) is 0 Å². The van der Waals surface area contributed by atoms with Crippen LogP contribution in [0.5, 0.6) is 5.75 Å². The second-order valence-electron chi connectivity index (χ2n) is 6.64. The van der Waals surface area contributed by atoms with Crippen molar-refractivity contribution < 1.29 is 23.5 Å². The van der Waals surface area contributed by atoms with Gasteiger partial charge in [-0.3, -0.25) is 4.79 Å². The summed E-state index contributed by atoms with van der Waals surface area (Å²) in [6, 6.07) is 7.62. The van der Waals surface area contributed by atoms with E-state index in [-0.39, 0.29) is 12.0 Å². The van der Waals surface area contributed by atoms with Crippen LogP contribution in [0.3, 0.4) is 0 Å². The fraction of sp³-hybridized carbons (Fsp3) is 0.476. The summed E-state index contributed by atoms with van der Waals surface area (Å²) >= 11 is 0. The molecule has 1 aromatic carbocycles. The van der Waals surface area contributed by atoms with Crippen molar-refractivity contribution in [3.63, 3.8) is 0 Å². The molecule has 0 aliphatic carbocycles. The maximum absolute atomic E-state index is 12.5. The van der Waals surface area contributed by atoms with Crippen molar-refractivity contribution in [3.8, 4) is 17.1 Å². The van der Waals surface area contributed by atoms with Crippen LogP contribution in [0.25, 0.3) is 11.3 Å². The molecule has 156 valence electrons. The minimum Gasteiger partial charge on any atom is -0.494 e. The van der Waals surface area contributed by atoms with Crippen molar-refractivity contribution in [2.24, 2.45) is 0 Å². The predicted molar refractivity (Wildman–Crippen MR) is 107 cm³/mol. The monoisotopic (exact) mass is 401 g/mol. The van der Waals surface area contributed by atoms with Gasteiger partial charge in [0.1, 0.15) is 5.75 Å². The topological polar surface area (TPSA) is 85.1 Å². The van der Waals surface area contributed by atoms with Gasteiger partial charge >= 0.3 is 6.09 Å². The smallest absolute Gasteiger partial charge is 0.409 e. The van der Waals surface area contributed by atoms with Crippen LogP contribution in [0.2, 0.25) is 0 Å².